The van der Waals surface area contributed by atoms with Gasteiger partial charge in [0.05, 0.1) is 25.4 Å². The maximum Gasteiger partial charge on any atom is 0.305 e. The Balaban J connectivity index is 3.39. The van der Waals surface area contributed by atoms with Crippen LogP contribution in [0.2, 0.25) is 0 Å². The molecule has 2 unspecified atom stereocenters. The maximum absolute atomic E-state index is 12.5. The van der Waals surface area contributed by atoms with Crippen molar-refractivity contribution in [2.24, 2.45) is 0 Å². The number of ether oxygens (including phenoxy) is 1. The van der Waals surface area contributed by atoms with Gasteiger partial charge in [0.25, 0.3) is 0 Å². The number of aliphatic hydroxyl groups excluding tert-OH is 2. The van der Waals surface area contributed by atoms with Crippen molar-refractivity contribution >= 4 is 11.9 Å². The van der Waals surface area contributed by atoms with Gasteiger partial charge in [0.15, 0.2) is 0 Å². The number of carbonyl (C=O) groups is 2. The second-order valence-corrected chi connectivity index (χ2v) is 26.0. The monoisotopic (exact) mass is 1180 g/mol. The summed E-state index contributed by atoms with van der Waals surface area (Å²) in [4.78, 5) is 24.5. The van der Waals surface area contributed by atoms with Crippen LogP contribution in [-0.4, -0.2) is 47.4 Å². The SMILES string of the molecule is CCCC/C=C\CCCCCCCC(=O)OCCCCCCCCCCCCCCC/C=C\C/C=C\CCCCCCCCCCCCCCCCCCCC(=O)NC(CO)C(O)/C=C/CCCCCCCCCCCCCCCCCCC. The fourth-order valence-electron chi connectivity index (χ4n) is 11.8. The predicted octanol–water partition coefficient (Wildman–Crippen LogP) is 24.8. The summed E-state index contributed by atoms with van der Waals surface area (Å²) in [5.41, 5.74) is 0. The Bertz CT molecular complexity index is 1400. The highest BCUT2D eigenvalue weighted by molar-refractivity contribution is 5.76. The molecule has 494 valence electrons. The highest BCUT2D eigenvalue weighted by Gasteiger charge is 2.18. The van der Waals surface area contributed by atoms with E-state index >= 15 is 0 Å². The Labute approximate surface area is 525 Å². The first kappa shape index (κ1) is 81.8. The van der Waals surface area contributed by atoms with Gasteiger partial charge in [-0.2, -0.15) is 0 Å². The number of rotatable bonds is 71. The molecular formula is C78H147NO5. The molecular weight excluding hydrogens is 1030 g/mol. The molecule has 84 heavy (non-hydrogen) atoms. The quantitative estimate of drug-likeness (QED) is 0.0320. The number of amides is 1. The lowest BCUT2D eigenvalue weighted by molar-refractivity contribution is -0.143. The van der Waals surface area contributed by atoms with Gasteiger partial charge < -0.3 is 20.3 Å². The van der Waals surface area contributed by atoms with E-state index in [0.29, 0.717) is 19.4 Å². The lowest BCUT2D eigenvalue weighted by Gasteiger charge is -2.20. The molecule has 3 N–H and O–H groups in total. The van der Waals surface area contributed by atoms with E-state index in [-0.39, 0.29) is 18.5 Å². The largest absolute Gasteiger partial charge is 0.466 e. The van der Waals surface area contributed by atoms with E-state index in [1.807, 2.05) is 6.08 Å². The van der Waals surface area contributed by atoms with Gasteiger partial charge >= 0.3 is 5.97 Å². The van der Waals surface area contributed by atoms with Gasteiger partial charge in [-0.05, 0) is 83.5 Å². The van der Waals surface area contributed by atoms with Crippen molar-refractivity contribution in [3.8, 4) is 0 Å². The average Bonchev–Trinajstić information content (AvgIpc) is 3.51. The maximum atomic E-state index is 12.5. The summed E-state index contributed by atoms with van der Waals surface area (Å²) in [6, 6.07) is -0.627. The number of aliphatic hydroxyl groups is 2. The zero-order valence-electron chi connectivity index (χ0n) is 56.6. The fraction of sp³-hybridized carbons (Fsp3) is 0.872. The van der Waals surface area contributed by atoms with Crippen LogP contribution in [0.15, 0.2) is 48.6 Å². The van der Waals surface area contributed by atoms with Crippen molar-refractivity contribution in [2.45, 2.75) is 424 Å². The predicted molar refractivity (Wildman–Crippen MR) is 370 cm³/mol. The van der Waals surface area contributed by atoms with E-state index < -0.39 is 12.1 Å². The van der Waals surface area contributed by atoms with Gasteiger partial charge in [-0.15, -0.1) is 0 Å². The van der Waals surface area contributed by atoms with Crippen molar-refractivity contribution in [2.75, 3.05) is 13.2 Å². The average molecular weight is 1180 g/mol. The Hall–Kier alpha value is -2.18. The molecule has 6 heteroatoms. The number of allylic oxidation sites excluding steroid dienone is 7. The summed E-state index contributed by atoms with van der Waals surface area (Å²) in [5, 5.41) is 23.2. The number of esters is 1. The first-order chi connectivity index (χ1) is 41.5. The van der Waals surface area contributed by atoms with Crippen LogP contribution in [0.5, 0.6) is 0 Å². The fourth-order valence-corrected chi connectivity index (χ4v) is 11.8. The van der Waals surface area contributed by atoms with E-state index in [2.05, 4.69) is 55.6 Å². The summed E-state index contributed by atoms with van der Waals surface area (Å²) in [5.74, 6) is -0.0542. The zero-order valence-corrected chi connectivity index (χ0v) is 56.6. The van der Waals surface area contributed by atoms with Crippen molar-refractivity contribution < 1.29 is 24.5 Å². The lowest BCUT2D eigenvalue weighted by atomic mass is 10.0. The van der Waals surface area contributed by atoms with Crippen LogP contribution in [0.1, 0.15) is 412 Å². The third kappa shape index (κ3) is 68.9. The summed E-state index contributed by atoms with van der Waals surface area (Å²) in [6.07, 6.45) is 96.5. The van der Waals surface area contributed by atoms with Gasteiger partial charge in [-0.3, -0.25) is 9.59 Å². The third-order valence-corrected chi connectivity index (χ3v) is 17.6. The highest BCUT2D eigenvalue weighted by atomic mass is 16.5. The normalized spacial score (nSPS) is 12.8. The van der Waals surface area contributed by atoms with Crippen LogP contribution in [0.25, 0.3) is 0 Å². The molecule has 6 nitrogen and oxygen atoms in total. The molecule has 2 atom stereocenters. The van der Waals surface area contributed by atoms with Gasteiger partial charge in [0.2, 0.25) is 5.91 Å². The van der Waals surface area contributed by atoms with Crippen molar-refractivity contribution in [3.63, 3.8) is 0 Å². The molecule has 0 aliphatic carbocycles. The van der Waals surface area contributed by atoms with E-state index in [1.54, 1.807) is 6.08 Å². The van der Waals surface area contributed by atoms with Crippen LogP contribution in [0, 0.1) is 0 Å². The smallest absolute Gasteiger partial charge is 0.305 e. The minimum Gasteiger partial charge on any atom is -0.466 e. The molecule has 0 bridgehead atoms. The summed E-state index contributed by atoms with van der Waals surface area (Å²) >= 11 is 0. The van der Waals surface area contributed by atoms with Crippen LogP contribution in [0.4, 0.5) is 0 Å². The third-order valence-electron chi connectivity index (χ3n) is 17.6. The van der Waals surface area contributed by atoms with Crippen LogP contribution in [-0.2, 0) is 14.3 Å². The molecule has 0 aliphatic rings. The van der Waals surface area contributed by atoms with Gasteiger partial charge in [-0.1, -0.05) is 364 Å². The second-order valence-electron chi connectivity index (χ2n) is 26.0. The Morgan fingerprint density at radius 1 is 0.333 bits per heavy atom. The van der Waals surface area contributed by atoms with Crippen LogP contribution >= 0.6 is 0 Å². The number of hydrogen-bond acceptors (Lipinski definition) is 5. The van der Waals surface area contributed by atoms with Gasteiger partial charge in [-0.25, -0.2) is 0 Å². The number of nitrogens with one attached hydrogen (secondary N) is 1. The minimum atomic E-state index is -0.844. The first-order valence-electron chi connectivity index (χ1n) is 37.9. The standard InChI is InChI=1S/C78H147NO5/c1-3-5-7-9-11-13-15-16-17-18-38-41-44-47-51-54-58-62-66-70-76(81)75(74-80)79-77(82)71-67-63-59-55-52-48-45-42-39-36-34-32-30-28-26-24-22-20-19-21-23-25-27-29-31-33-35-37-40-43-46-49-53-57-61-65-69-73-84-78(83)72-68-64-60-56-50-14-12-10-8-6-4-2/h10,12,19,21,25,27,66,70,75-76,80-81H,3-9,11,13-18,20,22-24,26,28-65,67-69,71-74H2,1-2H3,(H,79,82)/b12-10-,21-19-,27-25-,70-66+. The molecule has 0 heterocycles. The van der Waals surface area contributed by atoms with Gasteiger partial charge in [0.1, 0.15) is 0 Å². The zero-order chi connectivity index (χ0) is 60.6. The molecule has 0 aromatic carbocycles. The van der Waals surface area contributed by atoms with E-state index in [0.717, 1.165) is 51.4 Å². The van der Waals surface area contributed by atoms with Crippen molar-refractivity contribution in [1.82, 2.24) is 5.32 Å². The lowest BCUT2D eigenvalue weighted by Crippen LogP contribution is -2.45. The molecule has 0 saturated carbocycles. The Morgan fingerprint density at radius 3 is 0.952 bits per heavy atom. The molecule has 1 amide bonds. The number of hydrogen-bond donors (Lipinski definition) is 3. The van der Waals surface area contributed by atoms with E-state index in [9.17, 15) is 19.8 Å². The molecule has 0 aromatic heterocycles. The van der Waals surface area contributed by atoms with Crippen molar-refractivity contribution in [1.29, 1.82) is 0 Å². The summed E-state index contributed by atoms with van der Waals surface area (Å²) in [6.45, 7) is 4.90. The van der Waals surface area contributed by atoms with Crippen LogP contribution in [0.3, 0.4) is 0 Å². The van der Waals surface area contributed by atoms with E-state index in [4.69, 9.17) is 4.74 Å². The molecule has 0 spiro atoms. The molecule has 0 rings (SSSR count). The topological polar surface area (TPSA) is 95.9 Å². The first-order valence-corrected chi connectivity index (χ1v) is 37.9. The number of carbonyl (C=O) groups excluding carboxylic acids is 2. The summed E-state index contributed by atoms with van der Waals surface area (Å²) in [7, 11) is 0. The number of unbranched alkanes of at least 4 members (excludes halogenated alkanes) is 54. The van der Waals surface area contributed by atoms with E-state index in [1.165, 1.54) is 334 Å². The van der Waals surface area contributed by atoms with Crippen molar-refractivity contribution in [3.05, 3.63) is 48.6 Å². The molecule has 0 saturated heterocycles. The van der Waals surface area contributed by atoms with Crippen LogP contribution < -0.4 is 5.32 Å². The van der Waals surface area contributed by atoms with Gasteiger partial charge in [0, 0.05) is 12.8 Å². The highest BCUT2D eigenvalue weighted by Crippen LogP contribution is 2.19. The molecule has 0 aliphatic heterocycles. The minimum absolute atomic E-state index is 0.00755. The molecule has 0 fully saturated rings. The Kier molecular flexibility index (Phi) is 71.4. The summed E-state index contributed by atoms with van der Waals surface area (Å²) < 4.78 is 5.47. The second kappa shape index (κ2) is 73.3. The molecule has 0 aromatic rings. The Morgan fingerprint density at radius 2 is 0.607 bits per heavy atom. The molecule has 0 radical (unpaired) electrons.